The summed E-state index contributed by atoms with van der Waals surface area (Å²) in [5.74, 6) is 0. The normalized spacial score (nSPS) is 13.2. The molecule has 0 amide bonds. The summed E-state index contributed by atoms with van der Waals surface area (Å²) in [5.41, 5.74) is 11.4. The quantitative estimate of drug-likeness (QED) is 0.825. The van der Waals surface area contributed by atoms with E-state index in [2.05, 4.69) is 58.7 Å². The van der Waals surface area contributed by atoms with E-state index in [1.807, 2.05) is 0 Å². The van der Waals surface area contributed by atoms with Crippen LogP contribution in [0.2, 0.25) is 0 Å². The van der Waals surface area contributed by atoms with E-state index in [9.17, 15) is 0 Å². The van der Waals surface area contributed by atoms with Gasteiger partial charge in [0.25, 0.3) is 0 Å². The molecule has 116 valence electrons. The molecule has 0 radical (unpaired) electrons. The van der Waals surface area contributed by atoms with Crippen LogP contribution in [0.4, 0.5) is 5.69 Å². The van der Waals surface area contributed by atoms with Gasteiger partial charge in [-0.05, 0) is 29.5 Å². The highest BCUT2D eigenvalue weighted by molar-refractivity contribution is 5.61. The number of nitrogens with zero attached hydrogens (tertiary/aromatic N) is 1. The molecule has 0 fully saturated rings. The number of nitrogens with two attached hydrogens (primary N) is 1. The maximum atomic E-state index is 5.81. The molecule has 0 atom stereocenters. The molecule has 22 heavy (non-hydrogen) atoms. The van der Waals surface area contributed by atoms with E-state index in [1.165, 1.54) is 22.4 Å². The second-order valence-electron chi connectivity index (χ2n) is 5.93. The van der Waals surface area contributed by atoms with Gasteiger partial charge in [-0.3, -0.25) is 4.90 Å². The first-order valence-electron chi connectivity index (χ1n) is 8.18. The first kappa shape index (κ1) is 15.1. The van der Waals surface area contributed by atoms with Crippen LogP contribution in [0.25, 0.3) is 0 Å². The number of hydrogen-bond acceptors (Lipinski definition) is 3. The number of nitrogens with one attached hydrogen (secondary N) is 1. The van der Waals surface area contributed by atoms with Crippen molar-refractivity contribution in [1.29, 1.82) is 0 Å². The molecular formula is C19H25N3. The maximum absolute atomic E-state index is 5.81. The number of benzene rings is 2. The summed E-state index contributed by atoms with van der Waals surface area (Å²) in [7, 11) is 0. The molecule has 2 aromatic rings. The highest BCUT2D eigenvalue weighted by Gasteiger charge is 2.15. The minimum Gasteiger partial charge on any atom is -0.384 e. The summed E-state index contributed by atoms with van der Waals surface area (Å²) in [6.07, 6.45) is 2.22. The van der Waals surface area contributed by atoms with Crippen LogP contribution in [0, 0.1) is 0 Å². The van der Waals surface area contributed by atoms with Crippen molar-refractivity contribution in [2.24, 2.45) is 5.73 Å². The van der Waals surface area contributed by atoms with Crippen molar-refractivity contribution >= 4 is 5.69 Å². The molecule has 0 aliphatic carbocycles. The van der Waals surface area contributed by atoms with Gasteiger partial charge in [0, 0.05) is 38.4 Å². The maximum Gasteiger partial charge on any atom is 0.0419 e. The molecule has 0 bridgehead atoms. The standard InChI is InChI=1S/C19H25N3/c20-11-14-22(13-10-16-5-2-1-3-6-16)15-18-8-4-7-17-9-12-21-19(17)18/h1-8,21H,9-15,20H2. The number of anilines is 1. The third kappa shape index (κ3) is 3.67. The number of fused-ring (bicyclic) bond motifs is 1. The van der Waals surface area contributed by atoms with Gasteiger partial charge in [-0.2, -0.15) is 0 Å². The van der Waals surface area contributed by atoms with Crippen molar-refractivity contribution in [2.75, 3.05) is 31.5 Å². The second kappa shape index (κ2) is 7.43. The van der Waals surface area contributed by atoms with Crippen LogP contribution in [0.5, 0.6) is 0 Å². The molecule has 0 saturated carbocycles. The molecule has 1 aliphatic rings. The van der Waals surface area contributed by atoms with E-state index >= 15 is 0 Å². The van der Waals surface area contributed by atoms with Crippen molar-refractivity contribution in [3.63, 3.8) is 0 Å². The zero-order valence-electron chi connectivity index (χ0n) is 13.1. The van der Waals surface area contributed by atoms with E-state index in [4.69, 9.17) is 5.73 Å². The lowest BCUT2D eigenvalue weighted by Gasteiger charge is -2.23. The molecule has 3 rings (SSSR count). The lowest BCUT2D eigenvalue weighted by molar-refractivity contribution is 0.277. The van der Waals surface area contributed by atoms with Gasteiger partial charge in [0.1, 0.15) is 0 Å². The van der Waals surface area contributed by atoms with E-state index in [0.29, 0.717) is 6.54 Å². The lowest BCUT2D eigenvalue weighted by Crippen LogP contribution is -2.31. The Morgan fingerprint density at radius 2 is 1.86 bits per heavy atom. The average Bonchev–Trinajstić information content (AvgIpc) is 3.03. The predicted molar refractivity (Wildman–Crippen MR) is 93.1 cm³/mol. The minimum absolute atomic E-state index is 0.706. The highest BCUT2D eigenvalue weighted by Crippen LogP contribution is 2.27. The van der Waals surface area contributed by atoms with Crippen LogP contribution >= 0.6 is 0 Å². The Morgan fingerprint density at radius 3 is 2.68 bits per heavy atom. The zero-order valence-corrected chi connectivity index (χ0v) is 13.1. The summed E-state index contributed by atoms with van der Waals surface area (Å²) < 4.78 is 0. The van der Waals surface area contributed by atoms with Gasteiger partial charge in [-0.15, -0.1) is 0 Å². The number of rotatable bonds is 7. The summed E-state index contributed by atoms with van der Waals surface area (Å²) in [5, 5.41) is 3.53. The fourth-order valence-electron chi connectivity index (χ4n) is 3.17. The van der Waals surface area contributed by atoms with Crippen LogP contribution in [0.1, 0.15) is 16.7 Å². The predicted octanol–water partition coefficient (Wildman–Crippen LogP) is 2.66. The monoisotopic (exact) mass is 295 g/mol. The molecular weight excluding hydrogens is 270 g/mol. The minimum atomic E-state index is 0.706. The molecule has 3 nitrogen and oxygen atoms in total. The van der Waals surface area contributed by atoms with E-state index in [1.54, 1.807) is 0 Å². The zero-order chi connectivity index (χ0) is 15.2. The van der Waals surface area contributed by atoms with E-state index in [0.717, 1.165) is 39.0 Å². The van der Waals surface area contributed by atoms with Crippen molar-refractivity contribution in [3.8, 4) is 0 Å². The Morgan fingerprint density at radius 1 is 1.00 bits per heavy atom. The molecule has 1 heterocycles. The molecule has 0 saturated heterocycles. The molecule has 0 aromatic heterocycles. The van der Waals surface area contributed by atoms with Crippen LogP contribution in [-0.4, -0.2) is 31.1 Å². The van der Waals surface area contributed by atoms with Gasteiger partial charge in [0.05, 0.1) is 0 Å². The van der Waals surface area contributed by atoms with Gasteiger partial charge >= 0.3 is 0 Å². The SMILES string of the molecule is NCCN(CCc1ccccc1)Cc1cccc2c1NCC2. The average molecular weight is 295 g/mol. The van der Waals surface area contributed by atoms with Crippen LogP contribution < -0.4 is 11.1 Å². The van der Waals surface area contributed by atoms with Gasteiger partial charge < -0.3 is 11.1 Å². The number of hydrogen-bond donors (Lipinski definition) is 2. The first-order valence-corrected chi connectivity index (χ1v) is 8.18. The Kier molecular flexibility index (Phi) is 5.09. The smallest absolute Gasteiger partial charge is 0.0419 e. The third-order valence-electron chi connectivity index (χ3n) is 4.33. The Balaban J connectivity index is 1.66. The van der Waals surface area contributed by atoms with E-state index < -0.39 is 0 Å². The summed E-state index contributed by atoms with van der Waals surface area (Å²) in [4.78, 5) is 2.46. The van der Waals surface area contributed by atoms with Gasteiger partial charge in [-0.25, -0.2) is 0 Å². The van der Waals surface area contributed by atoms with Crippen LogP contribution in [0.3, 0.4) is 0 Å². The van der Waals surface area contributed by atoms with Gasteiger partial charge in [0.15, 0.2) is 0 Å². The van der Waals surface area contributed by atoms with Crippen molar-refractivity contribution in [3.05, 3.63) is 65.2 Å². The molecule has 0 unspecified atom stereocenters. The van der Waals surface area contributed by atoms with Gasteiger partial charge in [0.2, 0.25) is 0 Å². The summed E-state index contributed by atoms with van der Waals surface area (Å²) >= 11 is 0. The van der Waals surface area contributed by atoms with Crippen LogP contribution in [-0.2, 0) is 19.4 Å². The first-order chi connectivity index (χ1) is 10.9. The van der Waals surface area contributed by atoms with Crippen LogP contribution in [0.15, 0.2) is 48.5 Å². The molecule has 2 aromatic carbocycles. The van der Waals surface area contributed by atoms with Crippen molar-refractivity contribution in [2.45, 2.75) is 19.4 Å². The Hall–Kier alpha value is -1.84. The van der Waals surface area contributed by atoms with Crippen molar-refractivity contribution < 1.29 is 0 Å². The molecule has 3 N–H and O–H groups in total. The summed E-state index contributed by atoms with van der Waals surface area (Å²) in [6, 6.07) is 17.3. The van der Waals surface area contributed by atoms with E-state index in [-0.39, 0.29) is 0 Å². The molecule has 3 heteroatoms. The third-order valence-corrected chi connectivity index (χ3v) is 4.33. The Bertz CT molecular complexity index is 595. The number of para-hydroxylation sites is 1. The summed E-state index contributed by atoms with van der Waals surface area (Å²) in [6.45, 7) is 4.73. The Labute approximate surface area is 133 Å². The van der Waals surface area contributed by atoms with Crippen molar-refractivity contribution in [1.82, 2.24) is 4.90 Å². The molecule has 1 aliphatic heterocycles. The second-order valence-corrected chi connectivity index (χ2v) is 5.93. The fraction of sp³-hybridized carbons (Fsp3) is 0.368. The molecule has 0 spiro atoms. The largest absolute Gasteiger partial charge is 0.384 e. The highest BCUT2D eigenvalue weighted by atomic mass is 15.1. The van der Waals surface area contributed by atoms with Gasteiger partial charge in [-0.1, -0.05) is 48.5 Å². The topological polar surface area (TPSA) is 41.3 Å². The fourth-order valence-corrected chi connectivity index (χ4v) is 3.17. The lowest BCUT2D eigenvalue weighted by atomic mass is 10.1.